The van der Waals surface area contributed by atoms with Crippen molar-refractivity contribution in [3.8, 4) is 0 Å². The molecule has 2 unspecified atom stereocenters. The maximum absolute atomic E-state index is 5.50. The zero-order chi connectivity index (χ0) is 11.4. The molecule has 2 nitrogen and oxygen atoms in total. The van der Waals surface area contributed by atoms with Gasteiger partial charge in [-0.1, -0.05) is 40.2 Å². The lowest BCUT2D eigenvalue weighted by Crippen LogP contribution is -2.25. The van der Waals surface area contributed by atoms with E-state index in [1.165, 1.54) is 11.1 Å². The molecule has 0 aromatic heterocycles. The second-order valence-corrected chi connectivity index (χ2v) is 4.70. The molecule has 1 aromatic rings. The minimum Gasteiger partial charge on any atom is -0.356 e. The van der Waals surface area contributed by atoms with Crippen molar-refractivity contribution in [2.75, 3.05) is 13.7 Å². The number of ether oxygens (including phenoxy) is 2. The lowest BCUT2D eigenvalue weighted by molar-refractivity contribution is -0.150. The van der Waals surface area contributed by atoms with Gasteiger partial charge in [-0.2, -0.15) is 0 Å². The van der Waals surface area contributed by atoms with Gasteiger partial charge in [-0.15, -0.1) is 0 Å². The third kappa shape index (κ3) is 2.84. The minimum absolute atomic E-state index is 0.0358. The van der Waals surface area contributed by atoms with E-state index in [9.17, 15) is 0 Å². The monoisotopic (exact) mass is 284 g/mol. The van der Waals surface area contributed by atoms with Crippen LogP contribution in [0.15, 0.2) is 24.3 Å². The zero-order valence-corrected chi connectivity index (χ0v) is 11.1. The van der Waals surface area contributed by atoms with Crippen LogP contribution < -0.4 is 0 Å². The largest absolute Gasteiger partial charge is 0.356 e. The van der Waals surface area contributed by atoms with Crippen molar-refractivity contribution in [3.63, 3.8) is 0 Å². The average molecular weight is 285 g/mol. The number of rotatable bonds is 3. The summed E-state index contributed by atoms with van der Waals surface area (Å²) >= 11 is 3.49. The Hall–Kier alpha value is -0.380. The zero-order valence-electron chi connectivity index (χ0n) is 9.49. The molecule has 0 radical (unpaired) electrons. The summed E-state index contributed by atoms with van der Waals surface area (Å²) < 4.78 is 10.8. The summed E-state index contributed by atoms with van der Waals surface area (Å²) in [6.07, 6.45) is 2.01. The Morgan fingerprint density at radius 3 is 3.12 bits per heavy atom. The van der Waals surface area contributed by atoms with Gasteiger partial charge in [0.2, 0.25) is 0 Å². The second kappa shape index (κ2) is 5.80. The normalized spacial score (nSPS) is 25.6. The fourth-order valence-corrected chi connectivity index (χ4v) is 2.51. The van der Waals surface area contributed by atoms with Crippen LogP contribution >= 0.6 is 15.9 Å². The molecular weight excluding hydrogens is 268 g/mol. The van der Waals surface area contributed by atoms with Gasteiger partial charge in [-0.25, -0.2) is 0 Å². The predicted octanol–water partition coefficient (Wildman–Crippen LogP) is 3.45. The van der Waals surface area contributed by atoms with Gasteiger partial charge in [0.15, 0.2) is 6.29 Å². The van der Waals surface area contributed by atoms with E-state index in [2.05, 4.69) is 40.2 Å². The summed E-state index contributed by atoms with van der Waals surface area (Å²) in [5, 5.41) is 0.914. The molecule has 0 spiro atoms. The van der Waals surface area contributed by atoms with Crippen molar-refractivity contribution >= 4 is 15.9 Å². The molecule has 0 N–H and O–H groups in total. The molecule has 2 atom stereocenters. The molecule has 0 amide bonds. The Kier molecular flexibility index (Phi) is 4.38. The first-order valence-corrected chi connectivity index (χ1v) is 6.75. The first-order chi connectivity index (χ1) is 7.83. The first kappa shape index (κ1) is 12.1. The Balaban J connectivity index is 2.10. The predicted molar refractivity (Wildman–Crippen MR) is 67.8 cm³/mol. The SMILES string of the molecule is COC1CC(c2cccc(CBr)c2)CCO1. The molecule has 1 aromatic carbocycles. The van der Waals surface area contributed by atoms with Crippen molar-refractivity contribution in [1.82, 2.24) is 0 Å². The average Bonchev–Trinajstić information content (AvgIpc) is 2.39. The molecule has 1 aliphatic rings. The summed E-state index contributed by atoms with van der Waals surface area (Å²) in [7, 11) is 1.71. The molecule has 88 valence electrons. The summed E-state index contributed by atoms with van der Waals surface area (Å²) in [6, 6.07) is 8.75. The summed E-state index contributed by atoms with van der Waals surface area (Å²) in [5.74, 6) is 0.567. The number of halogens is 1. The first-order valence-electron chi connectivity index (χ1n) is 5.62. The maximum atomic E-state index is 5.50. The van der Waals surface area contributed by atoms with E-state index in [0.717, 1.165) is 24.8 Å². The van der Waals surface area contributed by atoms with Crippen LogP contribution in [0.25, 0.3) is 0 Å². The van der Waals surface area contributed by atoms with Gasteiger partial charge in [-0.3, -0.25) is 0 Å². The molecule has 0 saturated carbocycles. The van der Waals surface area contributed by atoms with Gasteiger partial charge in [0.1, 0.15) is 0 Å². The van der Waals surface area contributed by atoms with Gasteiger partial charge in [0.05, 0.1) is 6.61 Å². The van der Waals surface area contributed by atoms with Crippen LogP contribution in [-0.2, 0) is 14.8 Å². The lowest BCUT2D eigenvalue weighted by Gasteiger charge is -2.28. The summed E-state index contributed by atoms with van der Waals surface area (Å²) in [4.78, 5) is 0. The Morgan fingerprint density at radius 1 is 1.50 bits per heavy atom. The molecule has 16 heavy (non-hydrogen) atoms. The van der Waals surface area contributed by atoms with Crippen molar-refractivity contribution in [1.29, 1.82) is 0 Å². The lowest BCUT2D eigenvalue weighted by atomic mass is 9.90. The van der Waals surface area contributed by atoms with E-state index in [0.29, 0.717) is 5.92 Å². The highest BCUT2D eigenvalue weighted by Gasteiger charge is 2.23. The molecule has 1 fully saturated rings. The highest BCUT2D eigenvalue weighted by atomic mass is 79.9. The van der Waals surface area contributed by atoms with Crippen molar-refractivity contribution in [2.24, 2.45) is 0 Å². The third-order valence-electron chi connectivity index (χ3n) is 3.09. The van der Waals surface area contributed by atoms with Gasteiger partial charge >= 0.3 is 0 Å². The van der Waals surface area contributed by atoms with Gasteiger partial charge in [0, 0.05) is 18.9 Å². The van der Waals surface area contributed by atoms with Crippen LogP contribution in [0.1, 0.15) is 29.9 Å². The van der Waals surface area contributed by atoms with Crippen molar-refractivity contribution in [2.45, 2.75) is 30.4 Å². The van der Waals surface area contributed by atoms with Gasteiger partial charge < -0.3 is 9.47 Å². The number of benzene rings is 1. The van der Waals surface area contributed by atoms with Crippen LogP contribution in [0, 0.1) is 0 Å². The molecule has 1 aliphatic heterocycles. The van der Waals surface area contributed by atoms with E-state index in [4.69, 9.17) is 9.47 Å². The quantitative estimate of drug-likeness (QED) is 0.792. The second-order valence-electron chi connectivity index (χ2n) is 4.14. The van der Waals surface area contributed by atoms with Gasteiger partial charge in [0.25, 0.3) is 0 Å². The van der Waals surface area contributed by atoms with Crippen LogP contribution in [0.4, 0.5) is 0 Å². The van der Waals surface area contributed by atoms with E-state index in [1.54, 1.807) is 7.11 Å². The number of methoxy groups -OCH3 is 1. The maximum Gasteiger partial charge on any atom is 0.157 e. The highest BCUT2D eigenvalue weighted by Crippen LogP contribution is 2.30. The van der Waals surface area contributed by atoms with E-state index in [-0.39, 0.29) is 6.29 Å². The number of alkyl halides is 1. The fourth-order valence-electron chi connectivity index (χ4n) is 2.16. The van der Waals surface area contributed by atoms with E-state index < -0.39 is 0 Å². The number of hydrogen-bond donors (Lipinski definition) is 0. The minimum atomic E-state index is -0.0358. The fraction of sp³-hybridized carbons (Fsp3) is 0.538. The molecule has 0 bridgehead atoms. The number of hydrogen-bond acceptors (Lipinski definition) is 2. The Bertz CT molecular complexity index is 340. The van der Waals surface area contributed by atoms with Crippen LogP contribution in [-0.4, -0.2) is 20.0 Å². The van der Waals surface area contributed by atoms with Gasteiger partial charge in [-0.05, 0) is 23.5 Å². The van der Waals surface area contributed by atoms with Crippen molar-refractivity contribution in [3.05, 3.63) is 35.4 Å². The summed E-state index contributed by atoms with van der Waals surface area (Å²) in [5.41, 5.74) is 2.74. The van der Waals surface area contributed by atoms with Crippen LogP contribution in [0.2, 0.25) is 0 Å². The smallest absolute Gasteiger partial charge is 0.157 e. The standard InChI is InChI=1S/C13H17BrO2/c1-15-13-8-12(5-6-16-13)11-4-2-3-10(7-11)9-14/h2-4,7,12-13H,5-6,8-9H2,1H3. The third-order valence-corrected chi connectivity index (χ3v) is 3.73. The molecule has 3 heteroatoms. The molecule has 0 aliphatic carbocycles. The Labute approximate surface area is 105 Å². The summed E-state index contributed by atoms with van der Waals surface area (Å²) in [6.45, 7) is 0.793. The molecule has 1 heterocycles. The molecule has 1 saturated heterocycles. The van der Waals surface area contributed by atoms with E-state index >= 15 is 0 Å². The molecular formula is C13H17BrO2. The highest BCUT2D eigenvalue weighted by molar-refractivity contribution is 9.08. The van der Waals surface area contributed by atoms with Crippen LogP contribution in [0.5, 0.6) is 0 Å². The molecule has 2 rings (SSSR count). The topological polar surface area (TPSA) is 18.5 Å². The Morgan fingerprint density at radius 2 is 2.38 bits per heavy atom. The van der Waals surface area contributed by atoms with E-state index in [1.807, 2.05) is 0 Å². The van der Waals surface area contributed by atoms with Crippen LogP contribution in [0.3, 0.4) is 0 Å². The van der Waals surface area contributed by atoms with Crippen molar-refractivity contribution < 1.29 is 9.47 Å².